The van der Waals surface area contributed by atoms with E-state index in [-0.39, 0.29) is 17.6 Å². The second-order valence-electron chi connectivity index (χ2n) is 7.83. The number of aliphatic hydroxyl groups is 1. The van der Waals surface area contributed by atoms with Gasteiger partial charge in [-0.3, -0.25) is 0 Å². The Morgan fingerprint density at radius 3 is 2.12 bits per heavy atom. The van der Waals surface area contributed by atoms with Crippen LogP contribution in [0.4, 0.5) is 0 Å². The van der Waals surface area contributed by atoms with E-state index in [1.54, 1.807) is 14.0 Å². The fourth-order valence-corrected chi connectivity index (χ4v) is 3.96. The molecule has 0 fully saturated rings. The molecular weight excluding hydrogens is 422 g/mol. The van der Waals surface area contributed by atoms with Crippen molar-refractivity contribution in [3.63, 3.8) is 0 Å². The van der Waals surface area contributed by atoms with Crippen molar-refractivity contribution < 1.29 is 28.9 Å². The fraction of sp³-hybridized carbons (Fsp3) is 0.308. The average Bonchev–Trinajstić information content (AvgIpc) is 2.84. The Hall–Kier alpha value is -3.58. The van der Waals surface area contributed by atoms with Crippen LogP contribution in [-0.2, 0) is 31.9 Å². The lowest BCUT2D eigenvalue weighted by Gasteiger charge is -2.38. The van der Waals surface area contributed by atoms with Crippen molar-refractivity contribution in [2.24, 2.45) is 0 Å². The van der Waals surface area contributed by atoms with Crippen LogP contribution in [0.5, 0.6) is 5.75 Å². The molecule has 0 aromatic heterocycles. The number of benzene rings is 2. The number of esters is 2. The summed E-state index contributed by atoms with van der Waals surface area (Å²) < 4.78 is 15.1. The van der Waals surface area contributed by atoms with Gasteiger partial charge in [-0.05, 0) is 42.2 Å². The van der Waals surface area contributed by atoms with E-state index in [1.807, 2.05) is 54.6 Å². The summed E-state index contributed by atoms with van der Waals surface area (Å²) in [5, 5.41) is 14.9. The molecule has 2 aromatic carbocycles. The van der Waals surface area contributed by atoms with Gasteiger partial charge >= 0.3 is 11.9 Å². The second kappa shape index (κ2) is 10.4. The van der Waals surface area contributed by atoms with Crippen LogP contribution in [0.2, 0.25) is 0 Å². The van der Waals surface area contributed by atoms with Crippen LogP contribution in [0.3, 0.4) is 0 Å². The molecule has 1 heterocycles. The molecule has 7 heteroatoms. The van der Waals surface area contributed by atoms with Crippen molar-refractivity contribution in [1.82, 2.24) is 5.32 Å². The SMILES string of the molecule is COC(=O)C1=C(C(=O)OC)C(O)(CCc2ccc(OC)cc2)NC(Cc2ccccc2)=C1C. The van der Waals surface area contributed by atoms with Gasteiger partial charge in [-0.25, -0.2) is 9.59 Å². The lowest BCUT2D eigenvalue weighted by molar-refractivity contribution is -0.142. The zero-order valence-corrected chi connectivity index (χ0v) is 19.3. The zero-order valence-electron chi connectivity index (χ0n) is 19.3. The van der Waals surface area contributed by atoms with Crippen molar-refractivity contribution in [1.29, 1.82) is 0 Å². The summed E-state index contributed by atoms with van der Waals surface area (Å²) in [7, 11) is 4.05. The highest BCUT2D eigenvalue weighted by molar-refractivity contribution is 6.05. The van der Waals surface area contributed by atoms with Crippen molar-refractivity contribution in [2.45, 2.75) is 31.9 Å². The number of ether oxygens (including phenoxy) is 3. The number of allylic oxidation sites excluding steroid dienone is 1. The van der Waals surface area contributed by atoms with E-state index in [2.05, 4.69) is 5.32 Å². The number of nitrogens with one attached hydrogen (secondary N) is 1. The molecule has 0 saturated carbocycles. The van der Waals surface area contributed by atoms with Gasteiger partial charge in [-0.15, -0.1) is 0 Å². The Labute approximate surface area is 193 Å². The molecule has 3 rings (SSSR count). The molecule has 2 aromatic rings. The Kier molecular flexibility index (Phi) is 7.55. The maximum absolute atomic E-state index is 12.8. The molecule has 0 spiro atoms. The maximum atomic E-state index is 12.8. The Morgan fingerprint density at radius 2 is 1.55 bits per heavy atom. The van der Waals surface area contributed by atoms with Gasteiger partial charge in [0.15, 0.2) is 5.72 Å². The summed E-state index contributed by atoms with van der Waals surface area (Å²) in [5.74, 6) is -0.777. The van der Waals surface area contributed by atoms with E-state index in [0.717, 1.165) is 16.9 Å². The predicted octanol–water partition coefficient (Wildman–Crippen LogP) is 3.08. The number of methoxy groups -OCH3 is 3. The lowest BCUT2D eigenvalue weighted by Crippen LogP contribution is -2.53. The quantitative estimate of drug-likeness (QED) is 0.596. The summed E-state index contributed by atoms with van der Waals surface area (Å²) in [6.45, 7) is 1.73. The van der Waals surface area contributed by atoms with Gasteiger partial charge in [0.05, 0.1) is 26.9 Å². The Bertz CT molecular complexity index is 1070. The zero-order chi connectivity index (χ0) is 24.0. The molecular formula is C26H29NO6. The molecule has 33 heavy (non-hydrogen) atoms. The molecule has 1 atom stereocenters. The molecule has 1 aliphatic rings. The topological polar surface area (TPSA) is 94.1 Å². The number of rotatable bonds is 8. The molecule has 2 N–H and O–H groups in total. The van der Waals surface area contributed by atoms with Gasteiger partial charge < -0.3 is 24.6 Å². The van der Waals surface area contributed by atoms with E-state index >= 15 is 0 Å². The largest absolute Gasteiger partial charge is 0.497 e. The minimum atomic E-state index is -1.83. The minimum absolute atomic E-state index is 0.0197. The number of aryl methyl sites for hydroxylation is 1. The second-order valence-corrected chi connectivity index (χ2v) is 7.83. The van der Waals surface area contributed by atoms with Crippen molar-refractivity contribution in [3.8, 4) is 5.75 Å². The van der Waals surface area contributed by atoms with Crippen LogP contribution >= 0.6 is 0 Å². The first kappa shape index (κ1) is 24.1. The smallest absolute Gasteiger partial charge is 0.339 e. The monoisotopic (exact) mass is 451 g/mol. The number of carbonyl (C=O) groups is 2. The van der Waals surface area contributed by atoms with Gasteiger partial charge in [0.2, 0.25) is 0 Å². The van der Waals surface area contributed by atoms with Gasteiger partial charge in [-0.2, -0.15) is 0 Å². The van der Waals surface area contributed by atoms with E-state index in [9.17, 15) is 14.7 Å². The van der Waals surface area contributed by atoms with E-state index in [1.165, 1.54) is 14.2 Å². The molecule has 0 bridgehead atoms. The first-order valence-corrected chi connectivity index (χ1v) is 10.6. The first-order valence-electron chi connectivity index (χ1n) is 10.6. The summed E-state index contributed by atoms with van der Waals surface area (Å²) in [5.41, 5.74) is 1.12. The van der Waals surface area contributed by atoms with Crippen LogP contribution < -0.4 is 10.1 Å². The van der Waals surface area contributed by atoms with Gasteiger partial charge in [0.1, 0.15) is 11.3 Å². The Morgan fingerprint density at radius 1 is 0.909 bits per heavy atom. The molecule has 0 amide bonds. The Balaban J connectivity index is 2.04. The highest BCUT2D eigenvalue weighted by atomic mass is 16.5. The molecule has 174 valence electrons. The third-order valence-electron chi connectivity index (χ3n) is 5.79. The molecule has 1 aliphatic heterocycles. The minimum Gasteiger partial charge on any atom is -0.497 e. The normalized spacial score (nSPS) is 18.0. The van der Waals surface area contributed by atoms with E-state index in [0.29, 0.717) is 24.1 Å². The predicted molar refractivity (Wildman–Crippen MR) is 123 cm³/mol. The summed E-state index contributed by atoms with van der Waals surface area (Å²) in [4.78, 5) is 25.6. The standard InChI is InChI=1S/C26H29NO6/c1-17-21(16-19-8-6-5-7-9-19)27-26(30,15-14-18-10-12-20(31-2)13-11-18)23(25(29)33-4)22(17)24(28)32-3/h5-13,27,30H,14-16H2,1-4H3. The van der Waals surface area contributed by atoms with Crippen LogP contribution in [0, 0.1) is 0 Å². The van der Waals surface area contributed by atoms with Crippen molar-refractivity contribution >= 4 is 11.9 Å². The number of carbonyl (C=O) groups excluding carboxylic acids is 2. The average molecular weight is 452 g/mol. The highest BCUT2D eigenvalue weighted by Crippen LogP contribution is 2.36. The van der Waals surface area contributed by atoms with Gasteiger partial charge in [0.25, 0.3) is 0 Å². The fourth-order valence-electron chi connectivity index (χ4n) is 3.96. The highest BCUT2D eigenvalue weighted by Gasteiger charge is 2.45. The molecule has 7 nitrogen and oxygen atoms in total. The van der Waals surface area contributed by atoms with Crippen molar-refractivity contribution in [3.05, 3.63) is 88.1 Å². The third-order valence-corrected chi connectivity index (χ3v) is 5.79. The summed E-state index contributed by atoms with van der Waals surface area (Å²) >= 11 is 0. The first-order chi connectivity index (χ1) is 15.8. The van der Waals surface area contributed by atoms with Crippen LogP contribution in [0.15, 0.2) is 77.0 Å². The third kappa shape index (κ3) is 5.26. The molecule has 0 saturated heterocycles. The molecule has 1 unspecified atom stereocenters. The number of dihydropyridines is 1. The van der Waals surface area contributed by atoms with E-state index < -0.39 is 17.7 Å². The van der Waals surface area contributed by atoms with Crippen LogP contribution in [-0.4, -0.2) is 44.1 Å². The number of hydrogen-bond donors (Lipinski definition) is 2. The van der Waals surface area contributed by atoms with E-state index in [4.69, 9.17) is 14.2 Å². The van der Waals surface area contributed by atoms with Crippen LogP contribution in [0.1, 0.15) is 24.5 Å². The maximum Gasteiger partial charge on any atom is 0.339 e. The van der Waals surface area contributed by atoms with Gasteiger partial charge in [-0.1, -0.05) is 42.5 Å². The van der Waals surface area contributed by atoms with Gasteiger partial charge in [0, 0.05) is 18.5 Å². The van der Waals surface area contributed by atoms with Crippen LogP contribution in [0.25, 0.3) is 0 Å². The summed E-state index contributed by atoms with van der Waals surface area (Å²) in [6, 6.07) is 17.1. The van der Waals surface area contributed by atoms with Crippen molar-refractivity contribution in [2.75, 3.05) is 21.3 Å². The molecule has 0 radical (unpaired) electrons. The molecule has 0 aliphatic carbocycles. The summed E-state index contributed by atoms with van der Waals surface area (Å²) in [6.07, 6.45) is 0.988. The lowest BCUT2D eigenvalue weighted by atomic mass is 9.83. The number of hydrogen-bond acceptors (Lipinski definition) is 7.